The highest BCUT2D eigenvalue weighted by atomic mass is 16.6. The monoisotopic (exact) mass is 913 g/mol. The second kappa shape index (κ2) is 54.2. The first-order valence-electron chi connectivity index (χ1n) is 28.5. The highest BCUT2D eigenvalue weighted by molar-refractivity contribution is 5.71. The molecule has 6 heteroatoms. The van der Waals surface area contributed by atoms with Crippen molar-refractivity contribution in [1.82, 2.24) is 0 Å². The van der Waals surface area contributed by atoms with Gasteiger partial charge in [-0.15, -0.1) is 0 Å². The summed E-state index contributed by atoms with van der Waals surface area (Å²) in [6, 6.07) is 0. The van der Waals surface area contributed by atoms with Crippen molar-refractivity contribution in [2.45, 2.75) is 309 Å². The van der Waals surface area contributed by atoms with Gasteiger partial charge in [0.15, 0.2) is 6.10 Å². The van der Waals surface area contributed by atoms with Gasteiger partial charge in [0.05, 0.1) is 0 Å². The van der Waals surface area contributed by atoms with Gasteiger partial charge in [0.1, 0.15) is 13.2 Å². The van der Waals surface area contributed by atoms with E-state index in [1.54, 1.807) is 0 Å². The number of hydrogen-bond acceptors (Lipinski definition) is 6. The Kier molecular flexibility index (Phi) is 52.3. The molecular weight excluding hydrogens is 805 g/mol. The summed E-state index contributed by atoms with van der Waals surface area (Å²) < 4.78 is 16.8. The van der Waals surface area contributed by atoms with Crippen LogP contribution in [0.4, 0.5) is 0 Å². The molecule has 0 rings (SSSR count). The van der Waals surface area contributed by atoms with Crippen LogP contribution >= 0.6 is 0 Å². The number of ether oxygens (including phenoxy) is 3. The number of carbonyl (C=O) groups is 3. The lowest BCUT2D eigenvalue weighted by molar-refractivity contribution is -0.167. The summed E-state index contributed by atoms with van der Waals surface area (Å²) in [5.41, 5.74) is 0. The van der Waals surface area contributed by atoms with Crippen molar-refractivity contribution in [3.63, 3.8) is 0 Å². The summed E-state index contributed by atoms with van der Waals surface area (Å²) in [5.74, 6) is -0.881. The van der Waals surface area contributed by atoms with E-state index in [-0.39, 0.29) is 31.1 Å². The van der Waals surface area contributed by atoms with Crippen LogP contribution in [0.1, 0.15) is 303 Å². The van der Waals surface area contributed by atoms with Crippen LogP contribution in [0.25, 0.3) is 0 Å². The number of allylic oxidation sites excluding steroid dienone is 6. The van der Waals surface area contributed by atoms with E-state index in [4.69, 9.17) is 14.2 Å². The number of carbonyl (C=O) groups excluding carboxylic acids is 3. The zero-order chi connectivity index (χ0) is 47.2. The van der Waals surface area contributed by atoms with E-state index in [9.17, 15) is 14.4 Å². The molecule has 0 bridgehead atoms. The van der Waals surface area contributed by atoms with Gasteiger partial charge in [-0.05, 0) is 57.8 Å². The Morgan fingerprint density at radius 3 is 0.892 bits per heavy atom. The number of rotatable bonds is 52. The van der Waals surface area contributed by atoms with Crippen molar-refractivity contribution >= 4 is 17.9 Å². The topological polar surface area (TPSA) is 78.9 Å². The largest absolute Gasteiger partial charge is 0.462 e. The molecule has 65 heavy (non-hydrogen) atoms. The molecule has 6 nitrogen and oxygen atoms in total. The summed E-state index contributed by atoms with van der Waals surface area (Å²) in [5, 5.41) is 0. The summed E-state index contributed by atoms with van der Waals surface area (Å²) in [6.07, 6.45) is 64.2. The van der Waals surface area contributed by atoms with Gasteiger partial charge < -0.3 is 14.2 Å². The van der Waals surface area contributed by atoms with Crippen LogP contribution in [0, 0.1) is 0 Å². The Morgan fingerprint density at radius 2 is 0.554 bits per heavy atom. The molecule has 0 aromatic rings. The SMILES string of the molecule is CCCCC/C=C\C/C=C\C/C=C\CCCCCCC(=O)OC[C@H](COC(=O)CCCCCCCCCCCCCCCCCCCCC)OC(=O)CCCCCCCCCCCCC. The van der Waals surface area contributed by atoms with Crippen molar-refractivity contribution in [3.8, 4) is 0 Å². The number of hydrogen-bond donors (Lipinski definition) is 0. The predicted octanol–water partition coefficient (Wildman–Crippen LogP) is 18.9. The molecule has 0 aliphatic carbocycles. The number of esters is 3. The highest BCUT2D eigenvalue weighted by Crippen LogP contribution is 2.17. The van der Waals surface area contributed by atoms with E-state index in [1.165, 1.54) is 180 Å². The third kappa shape index (κ3) is 52.5. The zero-order valence-electron chi connectivity index (χ0n) is 43.5. The molecule has 0 saturated heterocycles. The average molecular weight is 914 g/mol. The lowest BCUT2D eigenvalue weighted by atomic mass is 10.0. The van der Waals surface area contributed by atoms with Gasteiger partial charge in [0.25, 0.3) is 0 Å². The molecule has 0 aromatic carbocycles. The molecule has 0 saturated carbocycles. The Hall–Kier alpha value is -2.37. The van der Waals surface area contributed by atoms with Crippen molar-refractivity contribution in [3.05, 3.63) is 36.5 Å². The maximum Gasteiger partial charge on any atom is 0.306 e. The maximum atomic E-state index is 12.8. The lowest BCUT2D eigenvalue weighted by Crippen LogP contribution is -2.30. The fraction of sp³-hybridized carbons (Fsp3) is 0.847. The first-order chi connectivity index (χ1) is 32.0. The second-order valence-electron chi connectivity index (χ2n) is 19.2. The summed E-state index contributed by atoms with van der Waals surface area (Å²) in [4.78, 5) is 38.1. The number of unbranched alkanes of at least 4 members (excludes halogenated alkanes) is 35. The lowest BCUT2D eigenvalue weighted by Gasteiger charge is -2.18. The van der Waals surface area contributed by atoms with Crippen molar-refractivity contribution < 1.29 is 28.6 Å². The molecule has 0 fully saturated rings. The molecule has 0 radical (unpaired) electrons. The van der Waals surface area contributed by atoms with Crippen LogP contribution in [-0.2, 0) is 28.6 Å². The molecular formula is C59H108O6. The molecule has 0 aromatic heterocycles. The van der Waals surface area contributed by atoms with E-state index in [1.807, 2.05) is 0 Å². The van der Waals surface area contributed by atoms with Crippen molar-refractivity contribution in [2.75, 3.05) is 13.2 Å². The minimum absolute atomic E-state index is 0.0747. The fourth-order valence-electron chi connectivity index (χ4n) is 8.33. The van der Waals surface area contributed by atoms with E-state index < -0.39 is 6.10 Å². The van der Waals surface area contributed by atoms with E-state index in [0.717, 1.165) is 83.5 Å². The van der Waals surface area contributed by atoms with Gasteiger partial charge in [-0.1, -0.05) is 263 Å². The third-order valence-electron chi connectivity index (χ3n) is 12.6. The van der Waals surface area contributed by atoms with Crippen LogP contribution in [0.2, 0.25) is 0 Å². The second-order valence-corrected chi connectivity index (χ2v) is 19.2. The minimum atomic E-state index is -0.776. The van der Waals surface area contributed by atoms with Gasteiger partial charge in [-0.25, -0.2) is 0 Å². The molecule has 0 aliphatic rings. The molecule has 0 heterocycles. The molecule has 380 valence electrons. The normalized spacial score (nSPS) is 12.2. The highest BCUT2D eigenvalue weighted by Gasteiger charge is 2.19. The zero-order valence-corrected chi connectivity index (χ0v) is 43.5. The fourth-order valence-corrected chi connectivity index (χ4v) is 8.33. The maximum absolute atomic E-state index is 12.8. The average Bonchev–Trinajstić information content (AvgIpc) is 3.30. The van der Waals surface area contributed by atoms with Crippen LogP contribution in [0.5, 0.6) is 0 Å². The summed E-state index contributed by atoms with van der Waals surface area (Å²) >= 11 is 0. The van der Waals surface area contributed by atoms with E-state index >= 15 is 0 Å². The van der Waals surface area contributed by atoms with Gasteiger partial charge in [-0.2, -0.15) is 0 Å². The van der Waals surface area contributed by atoms with Crippen molar-refractivity contribution in [2.24, 2.45) is 0 Å². The van der Waals surface area contributed by atoms with Gasteiger partial charge >= 0.3 is 17.9 Å². The Balaban J connectivity index is 4.30. The van der Waals surface area contributed by atoms with E-state index in [0.29, 0.717) is 19.3 Å². The first-order valence-corrected chi connectivity index (χ1v) is 28.5. The molecule has 0 N–H and O–H groups in total. The standard InChI is InChI=1S/C59H108O6/c1-4-7-10-13-16-19-22-24-26-28-29-31-33-35-38-40-43-46-49-52-58(61)64-55-56(65-59(62)53-50-47-44-41-36-21-18-15-12-9-6-3)54-63-57(60)51-48-45-42-39-37-34-32-30-27-25-23-20-17-14-11-8-5-2/h17,20,25,27,32,34,56H,4-16,18-19,21-24,26,28-31,33,35-55H2,1-3H3/b20-17-,27-25-,34-32-/t56-/m1/s1. The van der Waals surface area contributed by atoms with E-state index in [2.05, 4.69) is 57.2 Å². The predicted molar refractivity (Wildman–Crippen MR) is 279 cm³/mol. The van der Waals surface area contributed by atoms with Crippen LogP contribution < -0.4 is 0 Å². The molecule has 0 unspecified atom stereocenters. The minimum Gasteiger partial charge on any atom is -0.462 e. The van der Waals surface area contributed by atoms with Gasteiger partial charge in [0, 0.05) is 19.3 Å². The van der Waals surface area contributed by atoms with Gasteiger partial charge in [0.2, 0.25) is 0 Å². The third-order valence-corrected chi connectivity index (χ3v) is 12.6. The van der Waals surface area contributed by atoms with Crippen LogP contribution in [0.3, 0.4) is 0 Å². The van der Waals surface area contributed by atoms with Crippen LogP contribution in [-0.4, -0.2) is 37.2 Å². The Bertz CT molecular complexity index is 1090. The summed E-state index contributed by atoms with van der Waals surface area (Å²) in [6.45, 7) is 6.62. The van der Waals surface area contributed by atoms with Crippen LogP contribution in [0.15, 0.2) is 36.5 Å². The molecule has 0 spiro atoms. The molecule has 1 atom stereocenters. The van der Waals surface area contributed by atoms with Gasteiger partial charge in [-0.3, -0.25) is 14.4 Å². The summed E-state index contributed by atoms with van der Waals surface area (Å²) in [7, 11) is 0. The van der Waals surface area contributed by atoms with Crippen molar-refractivity contribution in [1.29, 1.82) is 0 Å². The first kappa shape index (κ1) is 62.6. The smallest absolute Gasteiger partial charge is 0.306 e. The molecule has 0 aliphatic heterocycles. The Morgan fingerprint density at radius 1 is 0.308 bits per heavy atom. The molecule has 0 amide bonds. The Labute approximate surface area is 404 Å². The quantitative estimate of drug-likeness (QED) is 0.0262.